The molecule has 2 aromatic carbocycles. The van der Waals surface area contributed by atoms with Gasteiger partial charge in [0.15, 0.2) is 0 Å². The van der Waals surface area contributed by atoms with Crippen molar-refractivity contribution in [2.24, 2.45) is 0 Å². The van der Waals surface area contributed by atoms with E-state index < -0.39 is 10.0 Å². The number of sulfonamides is 1. The van der Waals surface area contributed by atoms with E-state index in [1.807, 2.05) is 24.3 Å². The molecular formula is C28H28N4O5S3. The summed E-state index contributed by atoms with van der Waals surface area (Å²) in [6.07, 6.45) is 2.01. The highest BCUT2D eigenvalue weighted by atomic mass is 32.2. The zero-order valence-electron chi connectivity index (χ0n) is 22.0. The summed E-state index contributed by atoms with van der Waals surface area (Å²) in [4.78, 5) is 33.5. The van der Waals surface area contributed by atoms with Gasteiger partial charge in [0, 0.05) is 35.6 Å². The van der Waals surface area contributed by atoms with Gasteiger partial charge in [0.2, 0.25) is 10.0 Å². The molecule has 4 aromatic rings. The molecule has 3 heterocycles. The van der Waals surface area contributed by atoms with Crippen molar-refractivity contribution < 1.29 is 22.7 Å². The average Bonchev–Trinajstić information content (AvgIpc) is 3.62. The molecule has 2 aromatic heterocycles. The van der Waals surface area contributed by atoms with Crippen molar-refractivity contribution >= 4 is 59.9 Å². The minimum Gasteiger partial charge on any atom is -0.450 e. The summed E-state index contributed by atoms with van der Waals surface area (Å²) in [7, 11) is -2.00. The predicted molar refractivity (Wildman–Crippen MR) is 156 cm³/mol. The predicted octanol–water partition coefficient (Wildman–Crippen LogP) is 5.57. The minimum absolute atomic E-state index is 0.0542. The molecular weight excluding hydrogens is 569 g/mol. The van der Waals surface area contributed by atoms with Crippen LogP contribution in [0.4, 0.5) is 9.80 Å². The number of carbonyl (C=O) groups excluding carboxylic acids is 2. The molecule has 2 amide bonds. The van der Waals surface area contributed by atoms with Gasteiger partial charge in [-0.2, -0.15) is 4.31 Å². The molecule has 1 aliphatic heterocycles. The van der Waals surface area contributed by atoms with Crippen LogP contribution >= 0.6 is 22.7 Å². The molecule has 0 unspecified atom stereocenters. The van der Waals surface area contributed by atoms with Crippen molar-refractivity contribution in [3.05, 3.63) is 64.5 Å². The van der Waals surface area contributed by atoms with Crippen molar-refractivity contribution in [3.63, 3.8) is 0 Å². The Balaban J connectivity index is 1.31. The number of anilines is 1. The van der Waals surface area contributed by atoms with E-state index in [1.165, 1.54) is 39.9 Å². The minimum atomic E-state index is -3.60. The molecule has 1 aliphatic carbocycles. The van der Waals surface area contributed by atoms with E-state index in [0.717, 1.165) is 44.1 Å². The van der Waals surface area contributed by atoms with E-state index in [0.29, 0.717) is 36.7 Å². The maximum absolute atomic E-state index is 13.4. The summed E-state index contributed by atoms with van der Waals surface area (Å²) in [5.41, 5.74) is 3.19. The van der Waals surface area contributed by atoms with Gasteiger partial charge in [-0.3, -0.25) is 4.79 Å². The SMILES string of the molecule is CCOC(=O)N1CCc2c(sc(NC(=O)c3ccc(S(=O)(=O)N(C)C4CC4)cc3)c2-c2nc3ccccc3s2)C1. The number of aromatic nitrogens is 1. The summed E-state index contributed by atoms with van der Waals surface area (Å²) in [6, 6.07) is 14.0. The van der Waals surface area contributed by atoms with Crippen LogP contribution in [0, 0.1) is 0 Å². The molecule has 12 heteroatoms. The van der Waals surface area contributed by atoms with Crippen LogP contribution < -0.4 is 5.32 Å². The van der Waals surface area contributed by atoms with Crippen molar-refractivity contribution in [1.82, 2.24) is 14.2 Å². The fourth-order valence-corrected chi connectivity index (χ4v) is 8.61. The first kappa shape index (κ1) is 26.9. The van der Waals surface area contributed by atoms with Gasteiger partial charge in [0.25, 0.3) is 5.91 Å². The Hall–Kier alpha value is -3.32. The second-order valence-corrected chi connectivity index (χ2v) is 13.9. The van der Waals surface area contributed by atoms with E-state index in [2.05, 4.69) is 5.32 Å². The van der Waals surface area contributed by atoms with Crippen molar-refractivity contribution in [2.75, 3.05) is 25.5 Å². The van der Waals surface area contributed by atoms with Crippen LogP contribution in [0.3, 0.4) is 0 Å². The zero-order valence-corrected chi connectivity index (χ0v) is 24.5. The van der Waals surface area contributed by atoms with Gasteiger partial charge in [0.1, 0.15) is 10.0 Å². The average molecular weight is 597 g/mol. The molecule has 1 N–H and O–H groups in total. The first-order valence-electron chi connectivity index (χ1n) is 13.1. The van der Waals surface area contributed by atoms with Crippen molar-refractivity contribution in [1.29, 1.82) is 0 Å². The van der Waals surface area contributed by atoms with Gasteiger partial charge in [-0.25, -0.2) is 18.2 Å². The van der Waals surface area contributed by atoms with Crippen molar-refractivity contribution in [3.8, 4) is 10.6 Å². The number of ether oxygens (including phenoxy) is 1. The number of fused-ring (bicyclic) bond motifs is 2. The summed E-state index contributed by atoms with van der Waals surface area (Å²) in [5, 5.41) is 4.52. The fourth-order valence-electron chi connectivity index (χ4n) is 4.82. The quantitative estimate of drug-likeness (QED) is 0.299. The van der Waals surface area contributed by atoms with E-state index in [1.54, 1.807) is 30.2 Å². The lowest BCUT2D eigenvalue weighted by Gasteiger charge is -2.26. The number of carbonyl (C=O) groups is 2. The number of amides is 2. The van der Waals surface area contributed by atoms with E-state index in [4.69, 9.17) is 9.72 Å². The highest BCUT2D eigenvalue weighted by molar-refractivity contribution is 7.89. The summed E-state index contributed by atoms with van der Waals surface area (Å²) in [6.45, 7) is 3.00. The van der Waals surface area contributed by atoms with E-state index in [9.17, 15) is 18.0 Å². The number of para-hydroxylation sites is 1. The number of thiazole rings is 1. The summed E-state index contributed by atoms with van der Waals surface area (Å²) < 4.78 is 33.4. The molecule has 0 saturated heterocycles. The third-order valence-electron chi connectivity index (χ3n) is 7.17. The number of thiophene rings is 1. The number of nitrogens with one attached hydrogen (secondary N) is 1. The lowest BCUT2D eigenvalue weighted by atomic mass is 10.0. The normalized spacial score (nSPS) is 15.3. The molecule has 40 heavy (non-hydrogen) atoms. The molecule has 1 fully saturated rings. The number of benzene rings is 2. The lowest BCUT2D eigenvalue weighted by molar-refractivity contribution is 0.102. The van der Waals surface area contributed by atoms with Crippen LogP contribution in [0.5, 0.6) is 0 Å². The topological polar surface area (TPSA) is 109 Å². The van der Waals surface area contributed by atoms with Gasteiger partial charge < -0.3 is 15.0 Å². The highest BCUT2D eigenvalue weighted by Crippen LogP contribution is 2.46. The smallest absolute Gasteiger partial charge is 0.410 e. The molecule has 0 atom stereocenters. The second kappa shape index (κ2) is 10.6. The Morgan fingerprint density at radius 3 is 2.58 bits per heavy atom. The maximum Gasteiger partial charge on any atom is 0.410 e. The van der Waals surface area contributed by atoms with E-state index in [-0.39, 0.29) is 22.9 Å². The van der Waals surface area contributed by atoms with Gasteiger partial charge in [-0.05, 0) is 68.1 Å². The third kappa shape index (κ3) is 5.00. The molecule has 0 radical (unpaired) electrons. The van der Waals surface area contributed by atoms with Crippen LogP contribution in [0.1, 0.15) is 40.6 Å². The Morgan fingerprint density at radius 1 is 1.12 bits per heavy atom. The Morgan fingerprint density at radius 2 is 1.88 bits per heavy atom. The van der Waals surface area contributed by atoms with Crippen LogP contribution in [0.15, 0.2) is 53.4 Å². The first-order valence-corrected chi connectivity index (χ1v) is 16.1. The lowest BCUT2D eigenvalue weighted by Crippen LogP contribution is -2.35. The molecule has 1 saturated carbocycles. The Bertz CT molecular complexity index is 1670. The number of hydrogen-bond acceptors (Lipinski definition) is 8. The van der Waals surface area contributed by atoms with Crippen LogP contribution in [0.2, 0.25) is 0 Å². The van der Waals surface area contributed by atoms with Crippen molar-refractivity contribution in [2.45, 2.75) is 43.7 Å². The van der Waals surface area contributed by atoms with E-state index >= 15 is 0 Å². The number of rotatable bonds is 7. The zero-order chi connectivity index (χ0) is 28.0. The standard InChI is InChI=1S/C28H28N4O5S3/c1-3-37-28(34)32-15-14-20-23(16-32)39-27(24(20)26-29-21-6-4-5-7-22(21)38-26)30-25(33)17-8-12-19(13-9-17)40(35,36)31(2)18-10-11-18/h4-9,12-13,18H,3,10-11,14-16H2,1-2H3,(H,30,33). The van der Waals surface area contributed by atoms with Crippen LogP contribution in [-0.4, -0.2) is 60.8 Å². The Kier molecular flexibility index (Phi) is 7.11. The molecule has 208 valence electrons. The number of hydrogen-bond donors (Lipinski definition) is 1. The monoisotopic (exact) mass is 596 g/mol. The van der Waals surface area contributed by atoms with Crippen LogP contribution in [-0.2, 0) is 27.7 Å². The first-order chi connectivity index (χ1) is 19.3. The fraction of sp³-hybridized carbons (Fsp3) is 0.321. The molecule has 0 bridgehead atoms. The summed E-state index contributed by atoms with van der Waals surface area (Å²) >= 11 is 3.00. The van der Waals surface area contributed by atoms with Crippen LogP contribution in [0.25, 0.3) is 20.8 Å². The molecule has 9 nitrogen and oxygen atoms in total. The van der Waals surface area contributed by atoms with Gasteiger partial charge >= 0.3 is 6.09 Å². The third-order valence-corrected chi connectivity index (χ3v) is 11.3. The van der Waals surface area contributed by atoms with Gasteiger partial charge in [0.05, 0.1) is 28.3 Å². The highest BCUT2D eigenvalue weighted by Gasteiger charge is 2.35. The number of nitrogens with zero attached hydrogens (tertiary/aromatic N) is 3. The Labute approximate surface area is 240 Å². The van der Waals surface area contributed by atoms with Gasteiger partial charge in [-0.1, -0.05) is 12.1 Å². The molecule has 2 aliphatic rings. The molecule has 6 rings (SSSR count). The second-order valence-electron chi connectivity index (χ2n) is 9.80. The largest absolute Gasteiger partial charge is 0.450 e. The molecule has 0 spiro atoms. The van der Waals surface area contributed by atoms with Gasteiger partial charge in [-0.15, -0.1) is 22.7 Å². The summed E-state index contributed by atoms with van der Waals surface area (Å²) in [5.74, 6) is -0.345. The maximum atomic E-state index is 13.4.